The molecular formula is C25H26O5. The summed E-state index contributed by atoms with van der Waals surface area (Å²) in [6.07, 6.45) is 0.234. The average molecular weight is 406 g/mol. The van der Waals surface area contributed by atoms with Crippen LogP contribution in [0.1, 0.15) is 29.5 Å². The highest BCUT2D eigenvalue weighted by Crippen LogP contribution is 2.34. The first-order valence-corrected chi connectivity index (χ1v) is 10.2. The molecule has 1 saturated heterocycles. The molecule has 5 heteroatoms. The number of epoxide rings is 1. The number of benzene rings is 3. The zero-order chi connectivity index (χ0) is 20.8. The van der Waals surface area contributed by atoms with Gasteiger partial charge in [0.1, 0.15) is 30.0 Å². The lowest BCUT2D eigenvalue weighted by molar-refractivity contribution is 0.0224. The van der Waals surface area contributed by atoms with Crippen LogP contribution >= 0.6 is 0 Å². The van der Waals surface area contributed by atoms with Gasteiger partial charge in [0.2, 0.25) is 0 Å². The number of hydrogen-bond acceptors (Lipinski definition) is 5. The maximum Gasteiger partial charge on any atom is 0.189 e. The van der Waals surface area contributed by atoms with E-state index >= 15 is 0 Å². The molecule has 4 rings (SSSR count). The maximum atomic E-state index is 9.71. The molecule has 1 aliphatic heterocycles. The van der Waals surface area contributed by atoms with E-state index in [1.54, 1.807) is 12.1 Å². The number of hydrogen-bond donors (Lipinski definition) is 1. The molecule has 1 fully saturated rings. The molecule has 0 aromatic heterocycles. The van der Waals surface area contributed by atoms with Gasteiger partial charge in [-0.2, -0.15) is 0 Å². The first-order valence-electron chi connectivity index (χ1n) is 10.2. The van der Waals surface area contributed by atoms with Gasteiger partial charge in [-0.15, -0.1) is 0 Å². The maximum absolute atomic E-state index is 9.71. The number of aromatic hydroxyl groups is 1. The number of rotatable bonds is 10. The molecule has 0 bridgehead atoms. The molecule has 3 aromatic rings. The third-order valence-electron chi connectivity index (χ3n) is 5.00. The summed E-state index contributed by atoms with van der Waals surface area (Å²) in [5, 5.41) is 9.71. The summed E-state index contributed by atoms with van der Waals surface area (Å²) in [6.45, 7) is 4.17. The number of phenols is 1. The largest absolute Gasteiger partial charge is 0.508 e. The highest BCUT2D eigenvalue weighted by atomic mass is 16.7. The first kappa shape index (κ1) is 20.3. The monoisotopic (exact) mass is 406 g/mol. The summed E-state index contributed by atoms with van der Waals surface area (Å²) in [5.41, 5.74) is 3.36. The van der Waals surface area contributed by atoms with Crippen LogP contribution in [0, 0.1) is 0 Å². The van der Waals surface area contributed by atoms with Crippen molar-refractivity contribution in [2.24, 2.45) is 0 Å². The van der Waals surface area contributed by atoms with Crippen LogP contribution in [0.4, 0.5) is 0 Å². The highest BCUT2D eigenvalue weighted by Gasteiger charge is 2.23. The Kier molecular flexibility index (Phi) is 6.52. The molecule has 0 aliphatic carbocycles. The molecule has 0 spiro atoms. The Bertz CT molecular complexity index is 915. The molecule has 1 aliphatic rings. The quantitative estimate of drug-likeness (QED) is 0.228. The van der Waals surface area contributed by atoms with E-state index in [2.05, 4.69) is 24.3 Å². The summed E-state index contributed by atoms with van der Waals surface area (Å²) in [7, 11) is 0. The summed E-state index contributed by atoms with van der Waals surface area (Å²) in [4.78, 5) is 0. The molecule has 0 saturated carbocycles. The van der Waals surface area contributed by atoms with Gasteiger partial charge in [0.15, 0.2) is 6.79 Å². The minimum absolute atomic E-state index is 0.0207. The normalized spacial score (nSPS) is 16.1. The molecule has 0 amide bonds. The molecule has 2 atom stereocenters. The van der Waals surface area contributed by atoms with E-state index < -0.39 is 0 Å². The third-order valence-corrected chi connectivity index (χ3v) is 5.00. The van der Waals surface area contributed by atoms with Crippen molar-refractivity contribution in [3.8, 4) is 17.2 Å². The SMILES string of the molecule is CCOCOc1ccc(C(c2ccc(O)cc2)c2ccc(OCC3CO3)cc2)cc1. The molecule has 3 aromatic carbocycles. The minimum Gasteiger partial charge on any atom is -0.508 e. The predicted molar refractivity (Wildman–Crippen MR) is 114 cm³/mol. The standard InChI is InChI=1S/C25H26O5/c1-2-27-17-30-23-13-7-20(8-14-23)25(18-3-9-21(26)10-4-18)19-5-11-22(12-6-19)28-15-24-16-29-24/h3-14,24-26H,2,15-17H2,1H3. The lowest BCUT2D eigenvalue weighted by atomic mass is 9.85. The summed E-state index contributed by atoms with van der Waals surface area (Å²) in [5.74, 6) is 1.87. The van der Waals surface area contributed by atoms with E-state index in [4.69, 9.17) is 18.9 Å². The molecule has 156 valence electrons. The van der Waals surface area contributed by atoms with Gasteiger partial charge < -0.3 is 24.1 Å². The van der Waals surface area contributed by atoms with Gasteiger partial charge in [0, 0.05) is 12.5 Å². The van der Waals surface area contributed by atoms with E-state index in [1.807, 2.05) is 43.3 Å². The van der Waals surface area contributed by atoms with Crippen LogP contribution in [-0.4, -0.2) is 37.8 Å². The van der Waals surface area contributed by atoms with Crippen molar-refractivity contribution in [3.63, 3.8) is 0 Å². The smallest absolute Gasteiger partial charge is 0.189 e. The van der Waals surface area contributed by atoms with Crippen LogP contribution in [-0.2, 0) is 9.47 Å². The van der Waals surface area contributed by atoms with Crippen LogP contribution in [0.3, 0.4) is 0 Å². The predicted octanol–water partition coefficient (Wildman–Crippen LogP) is 4.72. The van der Waals surface area contributed by atoms with Crippen molar-refractivity contribution in [3.05, 3.63) is 89.5 Å². The van der Waals surface area contributed by atoms with Crippen LogP contribution in [0.15, 0.2) is 72.8 Å². The fourth-order valence-electron chi connectivity index (χ4n) is 3.30. The van der Waals surface area contributed by atoms with Crippen LogP contribution in [0.5, 0.6) is 17.2 Å². The van der Waals surface area contributed by atoms with E-state index in [-0.39, 0.29) is 24.6 Å². The fourth-order valence-corrected chi connectivity index (χ4v) is 3.30. The van der Waals surface area contributed by atoms with Gasteiger partial charge >= 0.3 is 0 Å². The zero-order valence-corrected chi connectivity index (χ0v) is 17.0. The molecule has 1 N–H and O–H groups in total. The topological polar surface area (TPSA) is 60.5 Å². The molecule has 30 heavy (non-hydrogen) atoms. The third kappa shape index (κ3) is 5.32. The Morgan fingerprint density at radius 1 is 0.833 bits per heavy atom. The number of phenolic OH excluding ortho intramolecular Hbond substituents is 1. The van der Waals surface area contributed by atoms with Gasteiger partial charge in [-0.05, 0) is 60.0 Å². The van der Waals surface area contributed by atoms with Crippen molar-refractivity contribution in [2.45, 2.75) is 18.9 Å². The first-order chi connectivity index (χ1) is 14.7. The van der Waals surface area contributed by atoms with Crippen LogP contribution in [0.2, 0.25) is 0 Å². The second kappa shape index (κ2) is 9.65. The minimum atomic E-state index is 0.0207. The fraction of sp³-hybridized carbons (Fsp3) is 0.280. The Balaban J connectivity index is 1.57. The van der Waals surface area contributed by atoms with Crippen molar-refractivity contribution < 1.29 is 24.1 Å². The second-order valence-corrected chi connectivity index (χ2v) is 7.18. The molecule has 0 radical (unpaired) electrons. The van der Waals surface area contributed by atoms with Crippen LogP contribution < -0.4 is 9.47 Å². The van der Waals surface area contributed by atoms with Gasteiger partial charge in [-0.25, -0.2) is 0 Å². The van der Waals surface area contributed by atoms with E-state index in [9.17, 15) is 5.11 Å². The van der Waals surface area contributed by atoms with Gasteiger partial charge in [-0.1, -0.05) is 36.4 Å². The lowest BCUT2D eigenvalue weighted by Gasteiger charge is -2.20. The highest BCUT2D eigenvalue weighted by molar-refractivity contribution is 5.46. The molecule has 1 heterocycles. The van der Waals surface area contributed by atoms with Gasteiger partial charge in [-0.3, -0.25) is 0 Å². The average Bonchev–Trinajstić information content (AvgIpc) is 3.61. The molecule has 5 nitrogen and oxygen atoms in total. The van der Waals surface area contributed by atoms with Gasteiger partial charge in [0.25, 0.3) is 0 Å². The second-order valence-electron chi connectivity index (χ2n) is 7.18. The van der Waals surface area contributed by atoms with E-state index in [0.29, 0.717) is 13.2 Å². The number of ether oxygens (including phenoxy) is 4. The lowest BCUT2D eigenvalue weighted by Crippen LogP contribution is -2.06. The Hall–Kier alpha value is -3.02. The summed E-state index contributed by atoms with van der Waals surface area (Å²) >= 11 is 0. The summed E-state index contributed by atoms with van der Waals surface area (Å²) < 4.78 is 21.8. The Morgan fingerprint density at radius 3 is 1.83 bits per heavy atom. The van der Waals surface area contributed by atoms with Crippen molar-refractivity contribution in [1.29, 1.82) is 0 Å². The molecule has 2 unspecified atom stereocenters. The van der Waals surface area contributed by atoms with Gasteiger partial charge in [0.05, 0.1) is 6.61 Å². The Morgan fingerprint density at radius 2 is 1.33 bits per heavy atom. The van der Waals surface area contributed by atoms with E-state index in [0.717, 1.165) is 34.8 Å². The zero-order valence-electron chi connectivity index (χ0n) is 17.0. The summed E-state index contributed by atoms with van der Waals surface area (Å²) in [6, 6.07) is 23.5. The van der Waals surface area contributed by atoms with E-state index in [1.165, 1.54) is 0 Å². The van der Waals surface area contributed by atoms with Crippen LogP contribution in [0.25, 0.3) is 0 Å². The molecular weight excluding hydrogens is 380 g/mol. The van der Waals surface area contributed by atoms with Crippen molar-refractivity contribution >= 4 is 0 Å². The van der Waals surface area contributed by atoms with Crippen molar-refractivity contribution in [2.75, 3.05) is 26.6 Å². The Labute approximate surface area is 176 Å². The van der Waals surface area contributed by atoms with Crippen molar-refractivity contribution in [1.82, 2.24) is 0 Å².